The summed E-state index contributed by atoms with van der Waals surface area (Å²) in [6.45, 7) is 13.1. The summed E-state index contributed by atoms with van der Waals surface area (Å²) in [6, 6.07) is 0.691. The van der Waals surface area contributed by atoms with Gasteiger partial charge in [0.05, 0.1) is 0 Å². The van der Waals surface area contributed by atoms with Crippen LogP contribution in [0.25, 0.3) is 0 Å². The summed E-state index contributed by atoms with van der Waals surface area (Å²) in [7, 11) is 0. The van der Waals surface area contributed by atoms with Gasteiger partial charge >= 0.3 is 0 Å². The second kappa shape index (κ2) is 7.02. The summed E-state index contributed by atoms with van der Waals surface area (Å²) in [5.74, 6) is 0.873. The fraction of sp³-hybridized carbons (Fsp3) is 0.846. The molecule has 1 atom stereocenters. The van der Waals surface area contributed by atoms with E-state index in [9.17, 15) is 0 Å². The van der Waals surface area contributed by atoms with Crippen molar-refractivity contribution < 1.29 is 0 Å². The standard InChI is InChI=1S/C13H26N2/c1-4-8-14-12(3)13-6-10-15(9-5-2)11-7-13/h5,12-14H,2,4,6-11H2,1,3H3. The smallest absolute Gasteiger partial charge is 0.0160 e. The highest BCUT2D eigenvalue weighted by atomic mass is 15.1. The molecule has 1 aliphatic rings. The van der Waals surface area contributed by atoms with Crippen molar-refractivity contribution >= 4 is 0 Å². The van der Waals surface area contributed by atoms with Crippen LogP contribution in [0.3, 0.4) is 0 Å². The molecule has 1 N–H and O–H groups in total. The zero-order valence-electron chi connectivity index (χ0n) is 10.3. The Morgan fingerprint density at radius 2 is 2.13 bits per heavy atom. The third kappa shape index (κ3) is 4.35. The average Bonchev–Trinajstić information content (AvgIpc) is 2.27. The highest BCUT2D eigenvalue weighted by Gasteiger charge is 2.22. The van der Waals surface area contributed by atoms with Crippen LogP contribution < -0.4 is 5.32 Å². The van der Waals surface area contributed by atoms with Crippen molar-refractivity contribution in [1.29, 1.82) is 0 Å². The second-order valence-electron chi connectivity index (χ2n) is 4.67. The minimum atomic E-state index is 0.691. The summed E-state index contributed by atoms with van der Waals surface area (Å²) in [6.07, 6.45) is 5.93. The van der Waals surface area contributed by atoms with Crippen molar-refractivity contribution in [3.05, 3.63) is 12.7 Å². The summed E-state index contributed by atoms with van der Waals surface area (Å²) >= 11 is 0. The van der Waals surface area contributed by atoms with Gasteiger partial charge in [-0.15, -0.1) is 6.58 Å². The molecular formula is C13H26N2. The Bertz CT molecular complexity index is 171. The van der Waals surface area contributed by atoms with E-state index in [1.807, 2.05) is 6.08 Å². The second-order valence-corrected chi connectivity index (χ2v) is 4.67. The van der Waals surface area contributed by atoms with E-state index >= 15 is 0 Å². The van der Waals surface area contributed by atoms with Gasteiger partial charge in [-0.3, -0.25) is 4.90 Å². The Morgan fingerprint density at radius 1 is 1.47 bits per heavy atom. The molecule has 0 radical (unpaired) electrons. The molecule has 0 aromatic rings. The van der Waals surface area contributed by atoms with Crippen molar-refractivity contribution in [3.63, 3.8) is 0 Å². The van der Waals surface area contributed by atoms with E-state index in [4.69, 9.17) is 0 Å². The van der Waals surface area contributed by atoms with Gasteiger partial charge in [-0.1, -0.05) is 13.0 Å². The molecule has 2 nitrogen and oxygen atoms in total. The Balaban J connectivity index is 2.20. The molecule has 0 amide bonds. The van der Waals surface area contributed by atoms with Crippen LogP contribution in [0, 0.1) is 5.92 Å². The number of piperidine rings is 1. The molecule has 0 saturated carbocycles. The molecule has 0 aromatic carbocycles. The zero-order chi connectivity index (χ0) is 11.1. The minimum Gasteiger partial charge on any atom is -0.314 e. The van der Waals surface area contributed by atoms with Gasteiger partial charge in [-0.25, -0.2) is 0 Å². The van der Waals surface area contributed by atoms with Gasteiger partial charge in [-0.2, -0.15) is 0 Å². The Labute approximate surface area is 94.7 Å². The molecule has 1 aliphatic heterocycles. The van der Waals surface area contributed by atoms with Gasteiger partial charge in [-0.05, 0) is 51.7 Å². The Kier molecular flexibility index (Phi) is 5.96. The first-order valence-corrected chi connectivity index (χ1v) is 6.34. The van der Waals surface area contributed by atoms with Crippen molar-refractivity contribution in [2.75, 3.05) is 26.2 Å². The fourth-order valence-electron chi connectivity index (χ4n) is 2.36. The highest BCUT2D eigenvalue weighted by molar-refractivity contribution is 4.82. The normalized spacial score (nSPS) is 21.5. The van der Waals surface area contributed by atoms with Crippen molar-refractivity contribution in [2.24, 2.45) is 5.92 Å². The predicted octanol–water partition coefficient (Wildman–Crippen LogP) is 2.27. The van der Waals surface area contributed by atoms with Crippen LogP contribution in [0.4, 0.5) is 0 Å². The molecule has 15 heavy (non-hydrogen) atoms. The fourth-order valence-corrected chi connectivity index (χ4v) is 2.36. The molecule has 0 bridgehead atoms. The minimum absolute atomic E-state index is 0.691. The maximum Gasteiger partial charge on any atom is 0.0160 e. The van der Waals surface area contributed by atoms with Crippen LogP contribution in [0.2, 0.25) is 0 Å². The van der Waals surface area contributed by atoms with Gasteiger partial charge in [0.25, 0.3) is 0 Å². The maximum atomic E-state index is 3.80. The Hall–Kier alpha value is -0.340. The lowest BCUT2D eigenvalue weighted by atomic mass is 9.90. The lowest BCUT2D eigenvalue weighted by Gasteiger charge is -2.34. The van der Waals surface area contributed by atoms with E-state index in [2.05, 4.69) is 30.6 Å². The van der Waals surface area contributed by atoms with Gasteiger partial charge in [0, 0.05) is 12.6 Å². The quantitative estimate of drug-likeness (QED) is 0.677. The van der Waals surface area contributed by atoms with Crippen LogP contribution >= 0.6 is 0 Å². The molecule has 1 heterocycles. The molecule has 0 spiro atoms. The van der Waals surface area contributed by atoms with Gasteiger partial charge in [0.1, 0.15) is 0 Å². The summed E-state index contributed by atoms with van der Waals surface area (Å²) < 4.78 is 0. The van der Waals surface area contributed by atoms with E-state index in [0.29, 0.717) is 6.04 Å². The predicted molar refractivity (Wildman–Crippen MR) is 67.1 cm³/mol. The first-order chi connectivity index (χ1) is 7.27. The molecule has 88 valence electrons. The van der Waals surface area contributed by atoms with Crippen molar-refractivity contribution in [1.82, 2.24) is 10.2 Å². The molecule has 1 saturated heterocycles. The largest absolute Gasteiger partial charge is 0.314 e. The number of nitrogens with zero attached hydrogens (tertiary/aromatic N) is 1. The van der Waals surface area contributed by atoms with Crippen LogP contribution in [0.5, 0.6) is 0 Å². The number of likely N-dealkylation sites (tertiary alicyclic amines) is 1. The van der Waals surface area contributed by atoms with Crippen molar-refractivity contribution in [2.45, 2.75) is 39.2 Å². The molecule has 2 heteroatoms. The zero-order valence-corrected chi connectivity index (χ0v) is 10.3. The third-order valence-electron chi connectivity index (χ3n) is 3.44. The summed E-state index contributed by atoms with van der Waals surface area (Å²) in [4.78, 5) is 2.50. The molecular weight excluding hydrogens is 184 g/mol. The van der Waals surface area contributed by atoms with Crippen molar-refractivity contribution in [3.8, 4) is 0 Å². The van der Waals surface area contributed by atoms with Gasteiger partial charge in [0.2, 0.25) is 0 Å². The molecule has 0 aliphatic carbocycles. The monoisotopic (exact) mass is 210 g/mol. The lowest BCUT2D eigenvalue weighted by Crippen LogP contribution is -2.42. The highest BCUT2D eigenvalue weighted by Crippen LogP contribution is 2.20. The van der Waals surface area contributed by atoms with Crippen LogP contribution in [0.15, 0.2) is 12.7 Å². The number of hydrogen-bond donors (Lipinski definition) is 1. The van der Waals surface area contributed by atoms with Crippen LogP contribution in [-0.2, 0) is 0 Å². The number of rotatable bonds is 6. The summed E-state index contributed by atoms with van der Waals surface area (Å²) in [5.41, 5.74) is 0. The first kappa shape index (κ1) is 12.7. The maximum absolute atomic E-state index is 3.80. The average molecular weight is 210 g/mol. The van der Waals surface area contributed by atoms with E-state index in [0.717, 1.165) is 19.0 Å². The lowest BCUT2D eigenvalue weighted by molar-refractivity contribution is 0.176. The van der Waals surface area contributed by atoms with E-state index in [1.165, 1.54) is 32.4 Å². The van der Waals surface area contributed by atoms with Crippen LogP contribution in [-0.4, -0.2) is 37.1 Å². The molecule has 1 unspecified atom stereocenters. The number of hydrogen-bond acceptors (Lipinski definition) is 2. The third-order valence-corrected chi connectivity index (χ3v) is 3.44. The molecule has 1 rings (SSSR count). The van der Waals surface area contributed by atoms with E-state index in [-0.39, 0.29) is 0 Å². The van der Waals surface area contributed by atoms with Crippen LogP contribution in [0.1, 0.15) is 33.1 Å². The van der Waals surface area contributed by atoms with E-state index in [1.54, 1.807) is 0 Å². The topological polar surface area (TPSA) is 15.3 Å². The van der Waals surface area contributed by atoms with Gasteiger partial charge in [0.15, 0.2) is 0 Å². The first-order valence-electron chi connectivity index (χ1n) is 6.34. The summed E-state index contributed by atoms with van der Waals surface area (Å²) in [5, 5.41) is 3.61. The van der Waals surface area contributed by atoms with Gasteiger partial charge < -0.3 is 5.32 Å². The number of nitrogens with one attached hydrogen (secondary N) is 1. The molecule has 0 aromatic heterocycles. The SMILES string of the molecule is C=CCN1CCC(C(C)NCCC)CC1. The molecule has 1 fully saturated rings. The van der Waals surface area contributed by atoms with E-state index < -0.39 is 0 Å². The Morgan fingerprint density at radius 3 is 2.67 bits per heavy atom.